The van der Waals surface area contributed by atoms with Crippen molar-refractivity contribution in [1.82, 2.24) is 9.80 Å². The Balaban J connectivity index is 2.51. The van der Waals surface area contributed by atoms with Gasteiger partial charge < -0.3 is 14.7 Å². The molecule has 0 saturated carbocycles. The molecule has 1 heterocycles. The Morgan fingerprint density at radius 1 is 1.26 bits per heavy atom. The maximum absolute atomic E-state index is 11.8. The van der Waals surface area contributed by atoms with E-state index in [-0.39, 0.29) is 6.09 Å². The second kappa shape index (κ2) is 6.06. The lowest BCUT2D eigenvalue weighted by Gasteiger charge is -2.37. The Morgan fingerprint density at radius 3 is 2.16 bits per heavy atom. The third-order valence-corrected chi connectivity index (χ3v) is 2.84. The van der Waals surface area contributed by atoms with Gasteiger partial charge in [0, 0.05) is 26.2 Å². The molecule has 0 aromatic heterocycles. The number of carboxylic acid groups (broad SMARTS) is 1. The zero-order valence-electron chi connectivity index (χ0n) is 11.8. The molecule has 1 fully saturated rings. The van der Waals surface area contributed by atoms with Gasteiger partial charge in [0.1, 0.15) is 11.6 Å². The summed E-state index contributed by atoms with van der Waals surface area (Å²) in [6.07, 6.45) is 1.06. The summed E-state index contributed by atoms with van der Waals surface area (Å²) >= 11 is 0. The van der Waals surface area contributed by atoms with Crippen molar-refractivity contribution in [3.05, 3.63) is 12.7 Å². The standard InChI is InChI=1S/C13H22N2O4/c1-5-10(11(16)17)14-6-8-15(9-7-14)12(18)19-13(2,3)4/h5,10H,1,6-9H2,2-4H3,(H,16,17)/t10-/m0/s1. The van der Waals surface area contributed by atoms with Gasteiger partial charge in [0.25, 0.3) is 0 Å². The van der Waals surface area contributed by atoms with Crippen LogP contribution in [0.3, 0.4) is 0 Å². The average Bonchev–Trinajstić information content (AvgIpc) is 2.28. The average molecular weight is 270 g/mol. The van der Waals surface area contributed by atoms with E-state index in [0.717, 1.165) is 0 Å². The van der Waals surface area contributed by atoms with Gasteiger partial charge in [-0.1, -0.05) is 6.08 Å². The van der Waals surface area contributed by atoms with E-state index in [1.54, 1.807) is 9.80 Å². The second-order valence-electron chi connectivity index (χ2n) is 5.52. The van der Waals surface area contributed by atoms with Crippen LogP contribution in [0, 0.1) is 0 Å². The van der Waals surface area contributed by atoms with Crippen molar-refractivity contribution in [3.8, 4) is 0 Å². The van der Waals surface area contributed by atoms with Crippen molar-refractivity contribution in [3.63, 3.8) is 0 Å². The molecule has 0 aromatic carbocycles. The first kappa shape index (κ1) is 15.5. The van der Waals surface area contributed by atoms with Crippen molar-refractivity contribution in [2.45, 2.75) is 32.4 Å². The van der Waals surface area contributed by atoms with E-state index in [1.807, 2.05) is 20.8 Å². The van der Waals surface area contributed by atoms with E-state index < -0.39 is 17.6 Å². The van der Waals surface area contributed by atoms with Gasteiger partial charge in [0.2, 0.25) is 0 Å². The number of hydrogen-bond acceptors (Lipinski definition) is 4. The second-order valence-corrected chi connectivity index (χ2v) is 5.52. The first-order valence-corrected chi connectivity index (χ1v) is 6.32. The minimum atomic E-state index is -0.916. The quantitative estimate of drug-likeness (QED) is 0.780. The molecule has 0 bridgehead atoms. The molecule has 1 rings (SSSR count). The number of carbonyl (C=O) groups excluding carboxylic acids is 1. The van der Waals surface area contributed by atoms with Crippen molar-refractivity contribution in [2.75, 3.05) is 26.2 Å². The maximum atomic E-state index is 11.8. The molecule has 1 N–H and O–H groups in total. The van der Waals surface area contributed by atoms with E-state index in [1.165, 1.54) is 6.08 Å². The molecule has 1 saturated heterocycles. The molecule has 0 spiro atoms. The topological polar surface area (TPSA) is 70.1 Å². The molecule has 108 valence electrons. The number of piperazine rings is 1. The predicted molar refractivity (Wildman–Crippen MR) is 71.0 cm³/mol. The Hall–Kier alpha value is -1.56. The molecule has 0 aromatic rings. The highest BCUT2D eigenvalue weighted by atomic mass is 16.6. The largest absolute Gasteiger partial charge is 0.480 e. The summed E-state index contributed by atoms with van der Waals surface area (Å²) in [6, 6.07) is -0.694. The summed E-state index contributed by atoms with van der Waals surface area (Å²) in [6.45, 7) is 10.9. The van der Waals surface area contributed by atoms with Crippen molar-refractivity contribution in [1.29, 1.82) is 0 Å². The van der Waals surface area contributed by atoms with Crippen LogP contribution in [0.4, 0.5) is 4.79 Å². The highest BCUT2D eigenvalue weighted by Crippen LogP contribution is 2.13. The number of aliphatic carboxylic acids is 1. The molecule has 6 nitrogen and oxygen atoms in total. The van der Waals surface area contributed by atoms with Crippen molar-refractivity contribution < 1.29 is 19.4 Å². The van der Waals surface area contributed by atoms with E-state index in [9.17, 15) is 9.59 Å². The number of carboxylic acids is 1. The van der Waals surface area contributed by atoms with Gasteiger partial charge in [-0.3, -0.25) is 9.69 Å². The van der Waals surface area contributed by atoms with Crippen molar-refractivity contribution in [2.24, 2.45) is 0 Å². The molecule has 0 aliphatic carbocycles. The van der Waals surface area contributed by atoms with Gasteiger partial charge >= 0.3 is 12.1 Å². The Bertz CT molecular complexity index is 354. The Morgan fingerprint density at radius 2 is 1.79 bits per heavy atom. The number of amides is 1. The van der Waals surface area contributed by atoms with Crippen LogP contribution in [-0.4, -0.2) is 64.8 Å². The lowest BCUT2D eigenvalue weighted by molar-refractivity contribution is -0.141. The molecular formula is C13H22N2O4. The van der Waals surface area contributed by atoms with E-state index >= 15 is 0 Å². The molecule has 1 aliphatic rings. The van der Waals surface area contributed by atoms with Crippen LogP contribution in [0.25, 0.3) is 0 Å². The first-order chi connectivity index (χ1) is 8.74. The summed E-state index contributed by atoms with van der Waals surface area (Å²) < 4.78 is 5.28. The van der Waals surface area contributed by atoms with Gasteiger partial charge in [0.15, 0.2) is 0 Å². The number of ether oxygens (including phenoxy) is 1. The summed E-state index contributed by atoms with van der Waals surface area (Å²) in [5, 5.41) is 9.04. The zero-order valence-corrected chi connectivity index (χ0v) is 11.8. The molecule has 1 atom stereocenters. The van der Waals surface area contributed by atoms with Gasteiger partial charge in [0.05, 0.1) is 0 Å². The van der Waals surface area contributed by atoms with Crippen LogP contribution in [0.1, 0.15) is 20.8 Å². The van der Waals surface area contributed by atoms with Crippen LogP contribution in [0.15, 0.2) is 12.7 Å². The van der Waals surface area contributed by atoms with Crippen LogP contribution in [0.2, 0.25) is 0 Å². The van der Waals surface area contributed by atoms with E-state index in [2.05, 4.69) is 6.58 Å². The smallest absolute Gasteiger partial charge is 0.410 e. The fraction of sp³-hybridized carbons (Fsp3) is 0.692. The summed E-state index contributed by atoms with van der Waals surface area (Å²) in [5.74, 6) is -0.916. The Labute approximate surface area is 113 Å². The van der Waals surface area contributed by atoms with E-state index in [0.29, 0.717) is 26.2 Å². The number of nitrogens with zero attached hydrogens (tertiary/aromatic N) is 2. The minimum absolute atomic E-state index is 0.349. The molecule has 1 amide bonds. The van der Waals surface area contributed by atoms with Crippen LogP contribution < -0.4 is 0 Å². The van der Waals surface area contributed by atoms with Gasteiger partial charge in [-0.25, -0.2) is 4.79 Å². The summed E-state index contributed by atoms with van der Waals surface area (Å²) in [5.41, 5.74) is -0.515. The third-order valence-electron chi connectivity index (χ3n) is 2.84. The van der Waals surface area contributed by atoms with Gasteiger partial charge in [-0.05, 0) is 20.8 Å². The Kier molecular flexibility index (Phi) is 4.94. The van der Waals surface area contributed by atoms with Crippen LogP contribution >= 0.6 is 0 Å². The fourth-order valence-electron chi connectivity index (χ4n) is 1.92. The lowest BCUT2D eigenvalue weighted by Crippen LogP contribution is -2.54. The molecular weight excluding hydrogens is 248 g/mol. The number of rotatable bonds is 3. The highest BCUT2D eigenvalue weighted by Gasteiger charge is 2.30. The fourth-order valence-corrected chi connectivity index (χ4v) is 1.92. The molecule has 0 unspecified atom stereocenters. The van der Waals surface area contributed by atoms with E-state index in [4.69, 9.17) is 9.84 Å². The molecule has 19 heavy (non-hydrogen) atoms. The maximum Gasteiger partial charge on any atom is 0.410 e. The predicted octanol–water partition coefficient (Wildman–Crippen LogP) is 1.18. The number of carbonyl (C=O) groups is 2. The minimum Gasteiger partial charge on any atom is -0.480 e. The monoisotopic (exact) mass is 270 g/mol. The van der Waals surface area contributed by atoms with Crippen LogP contribution in [0.5, 0.6) is 0 Å². The number of hydrogen-bond donors (Lipinski definition) is 1. The molecule has 6 heteroatoms. The molecule has 0 radical (unpaired) electrons. The normalized spacial score (nSPS) is 18.8. The van der Waals surface area contributed by atoms with Crippen LogP contribution in [-0.2, 0) is 9.53 Å². The summed E-state index contributed by atoms with van der Waals surface area (Å²) in [4.78, 5) is 26.2. The highest BCUT2D eigenvalue weighted by molar-refractivity contribution is 5.75. The van der Waals surface area contributed by atoms with Gasteiger partial charge in [-0.15, -0.1) is 6.58 Å². The summed E-state index contributed by atoms with van der Waals surface area (Å²) in [7, 11) is 0. The lowest BCUT2D eigenvalue weighted by atomic mass is 10.2. The van der Waals surface area contributed by atoms with Gasteiger partial charge in [-0.2, -0.15) is 0 Å². The SMILES string of the molecule is C=C[C@@H](C(=O)O)N1CCN(C(=O)OC(C)(C)C)CC1. The van der Waals surface area contributed by atoms with Crippen molar-refractivity contribution >= 4 is 12.1 Å². The first-order valence-electron chi connectivity index (χ1n) is 6.32. The zero-order chi connectivity index (χ0) is 14.6. The third kappa shape index (κ3) is 4.55. The molecule has 1 aliphatic heterocycles.